The van der Waals surface area contributed by atoms with Crippen LogP contribution in [0.5, 0.6) is 0 Å². The summed E-state index contributed by atoms with van der Waals surface area (Å²) < 4.78 is 42.1. The Hall–Kier alpha value is -1.12. The fourth-order valence-electron chi connectivity index (χ4n) is 2.49. The third kappa shape index (κ3) is 5.14. The molecule has 1 aliphatic heterocycles. The highest BCUT2D eigenvalue weighted by atomic mass is 32.5. The van der Waals surface area contributed by atoms with Crippen LogP contribution < -0.4 is 5.56 Å². The van der Waals surface area contributed by atoms with E-state index in [1.54, 1.807) is 0 Å². The molecule has 1 aliphatic rings. The van der Waals surface area contributed by atoms with Gasteiger partial charge in [-0.1, -0.05) is 0 Å². The first-order valence-electron chi connectivity index (χ1n) is 7.49. The van der Waals surface area contributed by atoms with E-state index in [9.17, 15) is 29.0 Å². The van der Waals surface area contributed by atoms with Crippen LogP contribution in [0, 0.1) is 0 Å². The highest BCUT2D eigenvalue weighted by Gasteiger charge is 2.47. The van der Waals surface area contributed by atoms with Crippen LogP contribution in [0.2, 0.25) is 0 Å². The Labute approximate surface area is 167 Å². The molecule has 0 aliphatic carbocycles. The molecule has 7 atom stereocenters. The number of rotatable bonds is 8. The molecule has 0 aromatic carbocycles. The lowest BCUT2D eigenvalue weighted by molar-refractivity contribution is -0.0475. The number of aliphatic hydroxyl groups excluding tert-OH is 2. The van der Waals surface area contributed by atoms with Crippen molar-refractivity contribution < 1.29 is 47.0 Å². The molecule has 2 aromatic rings. The van der Waals surface area contributed by atoms with E-state index in [1.165, 1.54) is 10.9 Å². The largest absolute Gasteiger partial charge is 0.706 e. The zero-order chi connectivity index (χ0) is 21.3. The fourth-order valence-corrected chi connectivity index (χ4v) is 5.72. The van der Waals surface area contributed by atoms with Crippen molar-refractivity contribution in [2.45, 2.75) is 24.5 Å². The average molecular weight is 490 g/mol. The molecule has 0 amide bonds. The summed E-state index contributed by atoms with van der Waals surface area (Å²) in [4.78, 5) is 39.9. The van der Waals surface area contributed by atoms with Crippen LogP contribution in [-0.2, 0) is 38.8 Å². The molecule has 3 unspecified atom stereocenters. The van der Waals surface area contributed by atoms with E-state index in [-0.39, 0.29) is 11.2 Å². The number of nitrogens with zero attached hydrogens (tertiary/aromatic N) is 3. The van der Waals surface area contributed by atoms with Gasteiger partial charge in [0.05, 0.1) is 12.7 Å². The summed E-state index contributed by atoms with van der Waals surface area (Å²) in [6, 6.07) is 0. The summed E-state index contributed by atoms with van der Waals surface area (Å²) in [5.74, 6) is 0. The van der Waals surface area contributed by atoms with Crippen LogP contribution >= 0.6 is 23.2 Å². The second-order valence-corrected chi connectivity index (χ2v) is 10.3. The molecule has 158 valence electrons. The van der Waals surface area contributed by atoms with Crippen molar-refractivity contribution in [1.29, 1.82) is 0 Å². The second kappa shape index (κ2) is 8.94. The Bertz CT molecular complexity index is 1050. The van der Waals surface area contributed by atoms with E-state index in [0.717, 1.165) is 6.33 Å². The quantitative estimate of drug-likeness (QED) is 0.290. The zero-order valence-corrected chi connectivity index (χ0v) is 17.4. The fraction of sp³-hybridized carbons (Fsp3) is 0.500. The topological polar surface area (TPSA) is 216 Å². The number of hydrogen-bond acceptors (Lipinski definition) is 12. The number of nitrogens with one attached hydrogen (secondary N) is 1. The van der Waals surface area contributed by atoms with Gasteiger partial charge in [0.2, 0.25) is 0 Å². The summed E-state index contributed by atoms with van der Waals surface area (Å²) in [6.07, 6.45) is -3.06. The molecule has 3 rings (SSSR count). The van der Waals surface area contributed by atoms with E-state index in [1.807, 2.05) is 0 Å². The van der Waals surface area contributed by atoms with Crippen molar-refractivity contribution in [3.05, 3.63) is 23.0 Å². The standard InChI is InChI=1S/C10H11N4O11P3S/c15-6-4(1-22-27(20)25-28(21,29)24-26(18)19)23-10(7(6)16)14-3-13-5-8(14)11-2-12-9(5)17/h2-4,6-7,10,15-16H,1H2,(H-2,11,12,17,18,19,21,29)/p+2/t4-,6-,7-,10-,28?/m1/s1. The van der Waals surface area contributed by atoms with Crippen LogP contribution in [0.3, 0.4) is 0 Å². The molecule has 0 saturated carbocycles. The van der Waals surface area contributed by atoms with Crippen molar-refractivity contribution in [2.24, 2.45) is 0 Å². The summed E-state index contributed by atoms with van der Waals surface area (Å²) >= 11 is 4.36. The van der Waals surface area contributed by atoms with Gasteiger partial charge in [0.25, 0.3) is 5.56 Å². The summed E-state index contributed by atoms with van der Waals surface area (Å²) in [5, 5.41) is 20.4. The van der Waals surface area contributed by atoms with E-state index >= 15 is 0 Å². The van der Waals surface area contributed by atoms with E-state index in [2.05, 4.69) is 35.4 Å². The lowest BCUT2D eigenvalue weighted by atomic mass is 10.1. The summed E-state index contributed by atoms with van der Waals surface area (Å²) in [6.45, 7) is -4.87. The molecule has 0 bridgehead atoms. The lowest BCUT2D eigenvalue weighted by Crippen LogP contribution is -2.33. The van der Waals surface area contributed by atoms with Gasteiger partial charge in [0, 0.05) is 9.13 Å². The molecule has 5 N–H and O–H groups in total. The number of ether oxygens (including phenoxy) is 1. The van der Waals surface area contributed by atoms with Crippen molar-refractivity contribution in [2.75, 3.05) is 6.61 Å². The number of fused-ring (bicyclic) bond motifs is 1. The Morgan fingerprint density at radius 2 is 2.03 bits per heavy atom. The monoisotopic (exact) mass is 490 g/mol. The van der Waals surface area contributed by atoms with Gasteiger partial charge in [-0.3, -0.25) is 9.36 Å². The number of aromatic amines is 1. The molecule has 29 heavy (non-hydrogen) atoms. The van der Waals surface area contributed by atoms with E-state index in [0.29, 0.717) is 0 Å². The third-order valence-corrected chi connectivity index (χ3v) is 7.97. The normalized spacial score (nSPS) is 27.7. The summed E-state index contributed by atoms with van der Waals surface area (Å²) in [5.41, 5.74) is -0.426. The van der Waals surface area contributed by atoms with Gasteiger partial charge >= 0.3 is 23.2 Å². The highest BCUT2D eigenvalue weighted by molar-refractivity contribution is 8.09. The first-order chi connectivity index (χ1) is 13.6. The molecule has 15 nitrogen and oxygen atoms in total. The maximum atomic E-state index is 11.7. The van der Waals surface area contributed by atoms with Crippen LogP contribution in [0.15, 0.2) is 17.4 Å². The number of aromatic nitrogens is 4. The molecule has 2 aromatic heterocycles. The molecule has 0 spiro atoms. The SMILES string of the molecule is O=c1[nH]cnc2c1ncn2[C@@H]1O[C@H](CO[P+](=O)OP(O)(=S)O[P+](=O)O)[C@@H](O)[C@H]1O. The van der Waals surface area contributed by atoms with E-state index in [4.69, 9.17) is 14.2 Å². The highest BCUT2D eigenvalue weighted by Crippen LogP contribution is 2.57. The Kier molecular flexibility index (Phi) is 6.95. The van der Waals surface area contributed by atoms with Crippen LogP contribution in [0.1, 0.15) is 6.23 Å². The van der Waals surface area contributed by atoms with Crippen molar-refractivity contribution in [3.8, 4) is 0 Å². The van der Waals surface area contributed by atoms with Gasteiger partial charge < -0.3 is 24.8 Å². The zero-order valence-electron chi connectivity index (χ0n) is 13.9. The molecular weight excluding hydrogens is 477 g/mol. The van der Waals surface area contributed by atoms with Gasteiger partial charge in [-0.25, -0.2) is 9.97 Å². The van der Waals surface area contributed by atoms with Crippen LogP contribution in [0.4, 0.5) is 0 Å². The first-order valence-corrected chi connectivity index (χ1v) is 12.3. The molecule has 1 saturated heterocycles. The number of hydrogen-bond donors (Lipinski definition) is 5. The minimum Gasteiger partial charge on any atom is -0.387 e. The summed E-state index contributed by atoms with van der Waals surface area (Å²) in [7, 11) is -6.40. The van der Waals surface area contributed by atoms with Crippen LogP contribution in [-0.4, -0.2) is 64.4 Å². The molecule has 1 fully saturated rings. The van der Waals surface area contributed by atoms with Gasteiger partial charge in [-0.05, 0) is 20.4 Å². The Morgan fingerprint density at radius 1 is 1.31 bits per heavy atom. The number of aliphatic hydroxyl groups is 2. The third-order valence-electron chi connectivity index (χ3n) is 3.66. The molecule has 19 heteroatoms. The Morgan fingerprint density at radius 3 is 2.72 bits per heavy atom. The molecular formula is C10H13N4O11P3S+2. The van der Waals surface area contributed by atoms with Crippen molar-refractivity contribution in [1.82, 2.24) is 19.5 Å². The van der Waals surface area contributed by atoms with Crippen molar-refractivity contribution in [3.63, 3.8) is 0 Å². The minimum atomic E-state index is -4.29. The maximum absolute atomic E-state index is 11.7. The van der Waals surface area contributed by atoms with E-state index < -0.39 is 59.9 Å². The molecule has 3 heterocycles. The van der Waals surface area contributed by atoms with Gasteiger partial charge in [-0.15, -0.1) is 9.42 Å². The lowest BCUT2D eigenvalue weighted by Gasteiger charge is -2.16. The minimum absolute atomic E-state index is 0.00937. The maximum Gasteiger partial charge on any atom is 0.706 e. The second-order valence-electron chi connectivity index (χ2n) is 5.49. The van der Waals surface area contributed by atoms with Gasteiger partial charge in [0.1, 0.15) is 24.9 Å². The van der Waals surface area contributed by atoms with Crippen LogP contribution in [0.25, 0.3) is 11.2 Å². The number of H-pyrrole nitrogens is 1. The number of imidazole rings is 1. The van der Waals surface area contributed by atoms with Gasteiger partial charge in [-0.2, -0.15) is 0 Å². The Balaban J connectivity index is 1.66. The first kappa shape index (κ1) is 22.6. The molecule has 0 radical (unpaired) electrons. The smallest absolute Gasteiger partial charge is 0.387 e. The van der Waals surface area contributed by atoms with Gasteiger partial charge in [0.15, 0.2) is 17.4 Å². The predicted octanol–water partition coefficient (Wildman–Crippen LogP) is -0.688. The predicted molar refractivity (Wildman–Crippen MR) is 96.1 cm³/mol. The van der Waals surface area contributed by atoms with Crippen molar-refractivity contribution >= 4 is 46.2 Å². The average Bonchev–Trinajstić information content (AvgIpc) is 3.15.